The first-order chi connectivity index (χ1) is 11.5. The average Bonchev–Trinajstić information content (AvgIpc) is 2.89. The van der Waals surface area contributed by atoms with Crippen LogP contribution in [0, 0.1) is 16.0 Å². The first-order valence-electron chi connectivity index (χ1n) is 8.28. The van der Waals surface area contributed by atoms with Crippen LogP contribution in [0.2, 0.25) is 0 Å². The van der Waals surface area contributed by atoms with Crippen LogP contribution in [0.3, 0.4) is 0 Å². The molecule has 1 aliphatic heterocycles. The lowest BCUT2D eigenvalue weighted by molar-refractivity contribution is -0.384. The second-order valence-electron chi connectivity index (χ2n) is 6.63. The van der Waals surface area contributed by atoms with Crippen LogP contribution in [0.4, 0.5) is 5.69 Å². The maximum Gasteiger partial charge on any atom is 0.326 e. The summed E-state index contributed by atoms with van der Waals surface area (Å²) in [5, 5.41) is 20.5. The van der Waals surface area contributed by atoms with E-state index < -0.39 is 22.8 Å². The van der Waals surface area contributed by atoms with Crippen molar-refractivity contribution in [2.45, 2.75) is 51.1 Å². The third-order valence-corrected chi connectivity index (χ3v) is 5.08. The van der Waals surface area contributed by atoms with Crippen LogP contribution in [-0.2, 0) is 11.3 Å². The highest BCUT2D eigenvalue weighted by Crippen LogP contribution is 2.33. The maximum absolute atomic E-state index is 12.6. The largest absolute Gasteiger partial charge is 0.480 e. The van der Waals surface area contributed by atoms with E-state index in [0.717, 1.165) is 25.7 Å². The zero-order chi connectivity index (χ0) is 17.3. The number of amides is 1. The molecular weight excluding hydrogens is 312 g/mol. The van der Waals surface area contributed by atoms with Gasteiger partial charge in [0.2, 0.25) is 0 Å². The quantitative estimate of drug-likeness (QED) is 0.660. The minimum atomic E-state index is -1.00. The highest BCUT2D eigenvalue weighted by Gasteiger charge is 2.38. The van der Waals surface area contributed by atoms with Gasteiger partial charge in [0.05, 0.1) is 10.5 Å². The number of carboxylic acid groups (broad SMARTS) is 1. The van der Waals surface area contributed by atoms with Crippen LogP contribution < -0.4 is 0 Å². The number of aliphatic carboxylic acids is 1. The fourth-order valence-electron chi connectivity index (χ4n) is 3.78. The van der Waals surface area contributed by atoms with E-state index in [1.807, 2.05) is 0 Å². The molecule has 0 radical (unpaired) electrons. The summed E-state index contributed by atoms with van der Waals surface area (Å²) >= 11 is 0. The van der Waals surface area contributed by atoms with Crippen molar-refractivity contribution in [1.82, 2.24) is 4.90 Å². The van der Waals surface area contributed by atoms with Crippen LogP contribution in [-0.4, -0.2) is 32.8 Å². The molecule has 1 N–H and O–H groups in total. The van der Waals surface area contributed by atoms with Crippen molar-refractivity contribution in [2.24, 2.45) is 5.92 Å². The molecule has 1 aliphatic carbocycles. The Morgan fingerprint density at radius 1 is 1.33 bits per heavy atom. The van der Waals surface area contributed by atoms with Gasteiger partial charge in [-0.1, -0.05) is 32.1 Å². The molecule has 7 heteroatoms. The van der Waals surface area contributed by atoms with Crippen molar-refractivity contribution in [3.63, 3.8) is 0 Å². The minimum absolute atomic E-state index is 0.150. The lowest BCUT2D eigenvalue weighted by Gasteiger charge is -2.29. The van der Waals surface area contributed by atoms with Gasteiger partial charge in [-0.2, -0.15) is 0 Å². The number of hydrogen-bond acceptors (Lipinski definition) is 4. The van der Waals surface area contributed by atoms with Gasteiger partial charge in [0.25, 0.3) is 11.6 Å². The fraction of sp³-hybridized carbons (Fsp3) is 0.529. The number of fused-ring (bicyclic) bond motifs is 1. The number of non-ortho nitro benzene ring substituents is 1. The summed E-state index contributed by atoms with van der Waals surface area (Å²) in [6, 6.07) is 3.28. The van der Waals surface area contributed by atoms with Gasteiger partial charge in [-0.05, 0) is 24.0 Å². The van der Waals surface area contributed by atoms with Gasteiger partial charge in [0.15, 0.2) is 0 Å². The first kappa shape index (κ1) is 16.4. The zero-order valence-corrected chi connectivity index (χ0v) is 13.3. The number of carbonyl (C=O) groups is 2. The SMILES string of the molecule is O=C(O)C(CC1CCCCC1)N1Cc2ccc([N+](=O)[O-])cc2C1=O. The lowest BCUT2D eigenvalue weighted by Crippen LogP contribution is -2.42. The predicted octanol–water partition coefficient (Wildman–Crippen LogP) is 2.97. The standard InChI is InChI=1S/C17H20N2O5/c20-16-14-9-13(19(23)24)7-6-12(14)10-18(16)15(17(21)22)8-11-4-2-1-3-5-11/h6-7,9,11,15H,1-5,8,10H2,(H,21,22). The second kappa shape index (κ2) is 6.59. The van der Waals surface area contributed by atoms with Gasteiger partial charge in [0, 0.05) is 18.7 Å². The molecule has 0 aromatic heterocycles. The Hall–Kier alpha value is -2.44. The molecule has 1 unspecified atom stereocenters. The summed E-state index contributed by atoms with van der Waals surface area (Å²) < 4.78 is 0. The summed E-state index contributed by atoms with van der Waals surface area (Å²) in [5.74, 6) is -1.10. The Balaban J connectivity index is 1.80. The summed E-state index contributed by atoms with van der Waals surface area (Å²) in [4.78, 5) is 36.0. The Bertz CT molecular complexity index is 682. The topological polar surface area (TPSA) is 101 Å². The number of rotatable bonds is 5. The van der Waals surface area contributed by atoms with Gasteiger partial charge in [-0.3, -0.25) is 14.9 Å². The number of carbonyl (C=O) groups excluding carboxylic acids is 1. The molecule has 7 nitrogen and oxygen atoms in total. The van der Waals surface area contributed by atoms with Gasteiger partial charge >= 0.3 is 5.97 Å². The van der Waals surface area contributed by atoms with Crippen molar-refractivity contribution in [1.29, 1.82) is 0 Å². The van der Waals surface area contributed by atoms with E-state index in [1.54, 1.807) is 6.07 Å². The summed E-state index contributed by atoms with van der Waals surface area (Å²) in [7, 11) is 0. The molecule has 0 saturated heterocycles. The molecular formula is C17H20N2O5. The molecule has 1 heterocycles. The van der Waals surface area contributed by atoms with E-state index in [0.29, 0.717) is 17.9 Å². The molecule has 3 rings (SSSR count). The zero-order valence-electron chi connectivity index (χ0n) is 13.3. The van der Waals surface area contributed by atoms with Crippen LogP contribution in [0.1, 0.15) is 54.4 Å². The summed E-state index contributed by atoms with van der Waals surface area (Å²) in [6.45, 7) is 0.204. The third-order valence-electron chi connectivity index (χ3n) is 5.08. The molecule has 1 saturated carbocycles. The van der Waals surface area contributed by atoms with Gasteiger partial charge in [-0.25, -0.2) is 4.79 Å². The van der Waals surface area contributed by atoms with Gasteiger partial charge in [-0.15, -0.1) is 0 Å². The lowest BCUT2D eigenvalue weighted by atomic mass is 9.84. The van der Waals surface area contributed by atoms with Crippen LogP contribution in [0.5, 0.6) is 0 Å². The number of benzene rings is 1. The highest BCUT2D eigenvalue weighted by molar-refractivity contribution is 6.01. The third kappa shape index (κ3) is 3.11. The molecule has 0 bridgehead atoms. The van der Waals surface area contributed by atoms with E-state index in [1.165, 1.54) is 23.5 Å². The summed E-state index contributed by atoms with van der Waals surface area (Å²) in [6.07, 6.45) is 5.87. The molecule has 1 aromatic rings. The Morgan fingerprint density at radius 2 is 2.04 bits per heavy atom. The van der Waals surface area contributed by atoms with Crippen molar-refractivity contribution in [3.8, 4) is 0 Å². The van der Waals surface area contributed by atoms with Gasteiger partial charge in [0.1, 0.15) is 6.04 Å². The number of hydrogen-bond donors (Lipinski definition) is 1. The van der Waals surface area contributed by atoms with Crippen molar-refractivity contribution >= 4 is 17.6 Å². The number of nitro benzene ring substituents is 1. The van der Waals surface area contributed by atoms with Crippen LogP contribution in [0.15, 0.2) is 18.2 Å². The second-order valence-corrected chi connectivity index (χ2v) is 6.63. The molecule has 0 spiro atoms. The molecule has 2 aliphatic rings. The van der Waals surface area contributed by atoms with Crippen molar-refractivity contribution < 1.29 is 19.6 Å². The number of nitro groups is 1. The van der Waals surface area contributed by atoms with E-state index in [2.05, 4.69) is 0 Å². The average molecular weight is 332 g/mol. The van der Waals surface area contributed by atoms with Crippen molar-refractivity contribution in [3.05, 3.63) is 39.4 Å². The smallest absolute Gasteiger partial charge is 0.326 e. The van der Waals surface area contributed by atoms with E-state index >= 15 is 0 Å². The van der Waals surface area contributed by atoms with Crippen molar-refractivity contribution in [2.75, 3.05) is 0 Å². The number of nitrogens with zero attached hydrogens (tertiary/aromatic N) is 2. The normalized spacial score (nSPS) is 19.2. The fourth-order valence-corrected chi connectivity index (χ4v) is 3.78. The summed E-state index contributed by atoms with van der Waals surface area (Å²) in [5.41, 5.74) is 0.752. The first-order valence-corrected chi connectivity index (χ1v) is 8.28. The molecule has 1 atom stereocenters. The Morgan fingerprint density at radius 3 is 2.67 bits per heavy atom. The Labute approximate surface area is 139 Å². The molecule has 1 amide bonds. The van der Waals surface area contributed by atoms with E-state index in [9.17, 15) is 24.8 Å². The molecule has 128 valence electrons. The predicted molar refractivity (Wildman–Crippen MR) is 85.6 cm³/mol. The van der Waals surface area contributed by atoms with Crippen LogP contribution >= 0.6 is 0 Å². The Kier molecular flexibility index (Phi) is 4.51. The molecule has 1 fully saturated rings. The molecule has 24 heavy (non-hydrogen) atoms. The van der Waals surface area contributed by atoms with Crippen LogP contribution in [0.25, 0.3) is 0 Å². The van der Waals surface area contributed by atoms with E-state index in [4.69, 9.17) is 0 Å². The minimum Gasteiger partial charge on any atom is -0.480 e. The monoisotopic (exact) mass is 332 g/mol. The molecule has 1 aromatic carbocycles. The van der Waals surface area contributed by atoms with E-state index in [-0.39, 0.29) is 17.8 Å². The number of carboxylic acids is 1. The van der Waals surface area contributed by atoms with Gasteiger partial charge < -0.3 is 10.0 Å². The highest BCUT2D eigenvalue weighted by atomic mass is 16.6. The maximum atomic E-state index is 12.6.